The number of benzene rings is 2. The minimum atomic E-state index is -1.19. The van der Waals surface area contributed by atoms with Crippen molar-refractivity contribution in [1.29, 1.82) is 5.26 Å². The van der Waals surface area contributed by atoms with Gasteiger partial charge in [0.2, 0.25) is 5.91 Å². The number of para-hydroxylation sites is 2. The minimum absolute atomic E-state index is 0.0455. The topological polar surface area (TPSA) is 109 Å². The molecular weight excluding hydrogens is 418 g/mol. The molecular formula is C26H31N3O4. The summed E-state index contributed by atoms with van der Waals surface area (Å²) in [5.41, 5.74) is 6.55. The van der Waals surface area contributed by atoms with Crippen LogP contribution >= 0.6 is 0 Å². The number of methoxy groups -OCH3 is 2. The summed E-state index contributed by atoms with van der Waals surface area (Å²) in [6, 6.07) is 16.2. The molecule has 2 aromatic rings. The van der Waals surface area contributed by atoms with Crippen molar-refractivity contribution >= 4 is 5.91 Å². The standard InChI is InChI=1S/C26H31N3O4/c1-32-22-9-5-3-7-19(22)24(28)25(30)29-15-18-13-17(11-12-27)14-26(31,21(18)16-29)20-8-4-6-10-23(20)33-2/h3-10,17-18,21,24,31H,11,13-16,28H2,1-2H3/t17-,18+,21-,24?,26-/m1/s1. The number of aliphatic hydroxyl groups is 1. The Morgan fingerprint density at radius 2 is 1.85 bits per heavy atom. The van der Waals surface area contributed by atoms with E-state index in [1.165, 1.54) is 0 Å². The third kappa shape index (κ3) is 4.17. The number of carbonyl (C=O) groups excluding carboxylic acids is 1. The first-order chi connectivity index (χ1) is 15.9. The number of nitrogens with zero attached hydrogens (tertiary/aromatic N) is 2. The van der Waals surface area contributed by atoms with Crippen molar-refractivity contribution in [1.82, 2.24) is 4.90 Å². The minimum Gasteiger partial charge on any atom is -0.496 e. The first kappa shape index (κ1) is 23.1. The maximum atomic E-state index is 13.4. The Balaban J connectivity index is 1.64. The van der Waals surface area contributed by atoms with E-state index in [4.69, 9.17) is 15.2 Å². The molecule has 5 atom stereocenters. The van der Waals surface area contributed by atoms with Crippen LogP contribution in [0.4, 0.5) is 0 Å². The van der Waals surface area contributed by atoms with Gasteiger partial charge in [0, 0.05) is 36.6 Å². The van der Waals surface area contributed by atoms with E-state index in [1.807, 2.05) is 36.4 Å². The molecule has 7 nitrogen and oxygen atoms in total. The SMILES string of the molecule is COc1ccccc1C(N)C(=O)N1C[C@@H]2C[C@@H](CC#N)C[C@@](O)(c3ccccc3OC)[C@@H]2C1. The van der Waals surface area contributed by atoms with Gasteiger partial charge in [-0.2, -0.15) is 5.26 Å². The molecule has 33 heavy (non-hydrogen) atoms. The van der Waals surface area contributed by atoms with E-state index in [0.29, 0.717) is 48.6 Å². The number of hydrogen-bond acceptors (Lipinski definition) is 6. The molecule has 2 aromatic carbocycles. The van der Waals surface area contributed by atoms with Crippen molar-refractivity contribution in [3.63, 3.8) is 0 Å². The maximum absolute atomic E-state index is 13.4. The first-order valence-corrected chi connectivity index (χ1v) is 11.3. The highest BCUT2D eigenvalue weighted by Crippen LogP contribution is 2.53. The fourth-order valence-electron chi connectivity index (χ4n) is 5.78. The molecule has 0 spiro atoms. The van der Waals surface area contributed by atoms with Crippen LogP contribution in [0.1, 0.15) is 36.4 Å². The summed E-state index contributed by atoms with van der Waals surface area (Å²) in [5, 5.41) is 21.4. The monoisotopic (exact) mass is 449 g/mol. The quantitative estimate of drug-likeness (QED) is 0.702. The average Bonchev–Trinajstić information content (AvgIpc) is 3.28. The summed E-state index contributed by atoms with van der Waals surface area (Å²) in [7, 11) is 3.15. The van der Waals surface area contributed by atoms with Gasteiger partial charge in [0.15, 0.2) is 0 Å². The molecule has 2 aliphatic rings. The normalized spacial score (nSPS) is 27.4. The van der Waals surface area contributed by atoms with E-state index < -0.39 is 11.6 Å². The lowest BCUT2D eigenvalue weighted by atomic mass is 9.63. The first-order valence-electron chi connectivity index (χ1n) is 11.3. The van der Waals surface area contributed by atoms with Crippen molar-refractivity contribution in [2.75, 3.05) is 27.3 Å². The molecule has 1 amide bonds. The van der Waals surface area contributed by atoms with Crippen LogP contribution in [-0.2, 0) is 10.4 Å². The zero-order chi connectivity index (χ0) is 23.6. The predicted octanol–water partition coefficient (Wildman–Crippen LogP) is 2.99. The Morgan fingerprint density at radius 3 is 2.55 bits per heavy atom. The zero-order valence-corrected chi connectivity index (χ0v) is 19.1. The van der Waals surface area contributed by atoms with Gasteiger partial charge in [0.25, 0.3) is 0 Å². The summed E-state index contributed by atoms with van der Waals surface area (Å²) >= 11 is 0. The van der Waals surface area contributed by atoms with Gasteiger partial charge in [0.1, 0.15) is 17.5 Å². The molecule has 3 N–H and O–H groups in total. The maximum Gasteiger partial charge on any atom is 0.244 e. The fourth-order valence-corrected chi connectivity index (χ4v) is 5.78. The third-order valence-electron chi connectivity index (χ3n) is 7.30. The Bertz CT molecular complexity index is 1050. The number of ether oxygens (including phenoxy) is 2. The third-order valence-corrected chi connectivity index (χ3v) is 7.30. The Morgan fingerprint density at radius 1 is 1.18 bits per heavy atom. The van der Waals surface area contributed by atoms with Crippen molar-refractivity contribution in [3.8, 4) is 17.6 Å². The van der Waals surface area contributed by atoms with Crippen LogP contribution in [0.2, 0.25) is 0 Å². The highest BCUT2D eigenvalue weighted by Gasteiger charge is 2.54. The number of amides is 1. The van der Waals surface area contributed by atoms with Gasteiger partial charge < -0.3 is 25.2 Å². The van der Waals surface area contributed by atoms with E-state index in [9.17, 15) is 15.2 Å². The summed E-state index contributed by atoms with van der Waals surface area (Å²) in [6.45, 7) is 0.909. The number of carbonyl (C=O) groups is 1. The molecule has 1 aliphatic heterocycles. The highest BCUT2D eigenvalue weighted by molar-refractivity contribution is 5.84. The molecule has 174 valence electrons. The molecule has 0 aromatic heterocycles. The Hall–Kier alpha value is -3.08. The lowest BCUT2D eigenvalue weighted by Gasteiger charge is -2.45. The molecule has 7 heteroatoms. The molecule has 2 fully saturated rings. The van der Waals surface area contributed by atoms with Crippen LogP contribution in [0.3, 0.4) is 0 Å². The van der Waals surface area contributed by atoms with E-state index >= 15 is 0 Å². The lowest BCUT2D eigenvalue weighted by Crippen LogP contribution is -2.46. The van der Waals surface area contributed by atoms with Crippen LogP contribution in [0, 0.1) is 29.1 Å². The van der Waals surface area contributed by atoms with Gasteiger partial charge in [-0.3, -0.25) is 4.79 Å². The predicted molar refractivity (Wildman–Crippen MR) is 123 cm³/mol. The van der Waals surface area contributed by atoms with Crippen LogP contribution in [0.25, 0.3) is 0 Å². The van der Waals surface area contributed by atoms with Gasteiger partial charge in [-0.25, -0.2) is 0 Å². The van der Waals surface area contributed by atoms with E-state index in [2.05, 4.69) is 6.07 Å². The molecule has 0 bridgehead atoms. The number of likely N-dealkylation sites (tertiary alicyclic amines) is 1. The highest BCUT2D eigenvalue weighted by atomic mass is 16.5. The summed E-state index contributed by atoms with van der Waals surface area (Å²) in [4.78, 5) is 15.2. The summed E-state index contributed by atoms with van der Waals surface area (Å²) in [6.07, 6.45) is 1.63. The van der Waals surface area contributed by atoms with Crippen LogP contribution in [-0.4, -0.2) is 43.2 Å². The van der Waals surface area contributed by atoms with Gasteiger partial charge in [-0.05, 0) is 36.8 Å². The van der Waals surface area contributed by atoms with E-state index in [-0.39, 0.29) is 23.7 Å². The van der Waals surface area contributed by atoms with Gasteiger partial charge >= 0.3 is 0 Å². The summed E-state index contributed by atoms with van der Waals surface area (Å²) < 4.78 is 11.0. The molecule has 4 rings (SSSR count). The molecule has 1 aliphatic carbocycles. The second-order valence-corrected chi connectivity index (χ2v) is 9.12. The molecule has 1 heterocycles. The number of nitrogens with two attached hydrogens (primary N) is 1. The summed E-state index contributed by atoms with van der Waals surface area (Å²) in [5.74, 6) is 0.956. The number of fused-ring (bicyclic) bond motifs is 1. The largest absolute Gasteiger partial charge is 0.496 e. The van der Waals surface area contributed by atoms with E-state index in [1.54, 1.807) is 31.3 Å². The second-order valence-electron chi connectivity index (χ2n) is 9.12. The van der Waals surface area contributed by atoms with Crippen LogP contribution < -0.4 is 15.2 Å². The average molecular weight is 450 g/mol. The lowest BCUT2D eigenvalue weighted by molar-refractivity contribution is -0.132. The second kappa shape index (κ2) is 9.42. The smallest absolute Gasteiger partial charge is 0.244 e. The van der Waals surface area contributed by atoms with Crippen molar-refractivity contribution < 1.29 is 19.4 Å². The van der Waals surface area contributed by atoms with Gasteiger partial charge in [-0.1, -0.05) is 36.4 Å². The molecule has 1 unspecified atom stereocenters. The van der Waals surface area contributed by atoms with Crippen molar-refractivity contribution in [2.45, 2.75) is 30.9 Å². The van der Waals surface area contributed by atoms with Crippen LogP contribution in [0.5, 0.6) is 11.5 Å². The molecule has 0 radical (unpaired) electrons. The van der Waals surface area contributed by atoms with Crippen molar-refractivity contribution in [3.05, 3.63) is 59.7 Å². The Kier molecular flexibility index (Phi) is 6.59. The number of hydrogen-bond donors (Lipinski definition) is 2. The zero-order valence-electron chi connectivity index (χ0n) is 19.1. The molecule has 1 saturated carbocycles. The Labute approximate surface area is 194 Å². The fraction of sp³-hybridized carbons (Fsp3) is 0.462. The van der Waals surface area contributed by atoms with E-state index in [0.717, 1.165) is 6.42 Å². The van der Waals surface area contributed by atoms with Gasteiger partial charge in [0.05, 0.1) is 25.9 Å². The van der Waals surface area contributed by atoms with Gasteiger partial charge in [-0.15, -0.1) is 0 Å². The van der Waals surface area contributed by atoms with Crippen molar-refractivity contribution in [2.24, 2.45) is 23.5 Å². The number of rotatable bonds is 6. The molecule has 1 saturated heterocycles. The van der Waals surface area contributed by atoms with Crippen LogP contribution in [0.15, 0.2) is 48.5 Å². The number of nitriles is 1.